The van der Waals surface area contributed by atoms with Crippen LogP contribution in [0.25, 0.3) is 0 Å². The molecule has 3 amide bonds. The van der Waals surface area contributed by atoms with Gasteiger partial charge in [-0.3, -0.25) is 4.79 Å². The molecule has 0 spiro atoms. The van der Waals surface area contributed by atoms with Gasteiger partial charge < -0.3 is 21.7 Å². The SMILES string of the molecule is Cl.NC(=O)Nc1cccc(NC(=O)CC2CSCCN2)c1. The van der Waals surface area contributed by atoms with Crippen LogP contribution in [-0.2, 0) is 4.79 Å². The minimum Gasteiger partial charge on any atom is -0.351 e. The number of hydrogen-bond donors (Lipinski definition) is 4. The van der Waals surface area contributed by atoms with E-state index in [4.69, 9.17) is 5.73 Å². The summed E-state index contributed by atoms with van der Waals surface area (Å²) in [6.07, 6.45) is 0.445. The van der Waals surface area contributed by atoms with Crippen molar-refractivity contribution in [1.82, 2.24) is 5.32 Å². The number of amides is 3. The molecule has 0 aromatic heterocycles. The van der Waals surface area contributed by atoms with Crippen LogP contribution in [-0.4, -0.2) is 36.0 Å². The molecule has 1 aromatic carbocycles. The minimum atomic E-state index is -0.628. The maximum Gasteiger partial charge on any atom is 0.316 e. The van der Waals surface area contributed by atoms with Gasteiger partial charge in [-0.25, -0.2) is 4.79 Å². The highest BCUT2D eigenvalue weighted by Gasteiger charge is 2.16. The maximum absolute atomic E-state index is 11.9. The van der Waals surface area contributed by atoms with Crippen LogP contribution in [0.4, 0.5) is 16.2 Å². The molecule has 1 saturated heterocycles. The zero-order chi connectivity index (χ0) is 14.4. The number of benzene rings is 1. The molecular weight excluding hydrogens is 312 g/mol. The molecule has 1 atom stereocenters. The number of nitrogens with two attached hydrogens (primary N) is 1. The normalized spacial score (nSPS) is 17.4. The van der Waals surface area contributed by atoms with Crippen molar-refractivity contribution in [3.8, 4) is 0 Å². The zero-order valence-corrected chi connectivity index (χ0v) is 13.1. The van der Waals surface area contributed by atoms with Gasteiger partial charge >= 0.3 is 6.03 Å². The van der Waals surface area contributed by atoms with Crippen LogP contribution < -0.4 is 21.7 Å². The highest BCUT2D eigenvalue weighted by atomic mass is 35.5. The fourth-order valence-corrected chi connectivity index (χ4v) is 2.95. The van der Waals surface area contributed by atoms with Crippen molar-refractivity contribution in [1.29, 1.82) is 0 Å². The Morgan fingerprint density at radius 2 is 2.05 bits per heavy atom. The number of carbonyl (C=O) groups is 2. The fourth-order valence-electron chi connectivity index (χ4n) is 2.00. The van der Waals surface area contributed by atoms with Gasteiger partial charge in [-0.2, -0.15) is 11.8 Å². The lowest BCUT2D eigenvalue weighted by molar-refractivity contribution is -0.116. The number of rotatable bonds is 4. The Morgan fingerprint density at radius 1 is 1.33 bits per heavy atom. The second kappa shape index (κ2) is 8.76. The average molecular weight is 331 g/mol. The predicted molar refractivity (Wildman–Crippen MR) is 89.3 cm³/mol. The first-order valence-electron chi connectivity index (χ1n) is 6.41. The number of carbonyl (C=O) groups excluding carboxylic acids is 2. The minimum absolute atomic E-state index is 0. The number of halogens is 1. The van der Waals surface area contributed by atoms with Crippen molar-refractivity contribution in [3.63, 3.8) is 0 Å². The molecule has 0 saturated carbocycles. The molecule has 1 heterocycles. The van der Waals surface area contributed by atoms with Crippen molar-refractivity contribution in [2.45, 2.75) is 12.5 Å². The Morgan fingerprint density at radius 3 is 2.67 bits per heavy atom. The molecule has 5 N–H and O–H groups in total. The van der Waals surface area contributed by atoms with E-state index in [1.165, 1.54) is 0 Å². The Bertz CT molecular complexity index is 495. The van der Waals surface area contributed by atoms with E-state index in [0.717, 1.165) is 18.1 Å². The highest BCUT2D eigenvalue weighted by molar-refractivity contribution is 7.99. The van der Waals surface area contributed by atoms with Gasteiger partial charge in [0.15, 0.2) is 0 Å². The molecule has 1 aromatic rings. The van der Waals surface area contributed by atoms with Crippen LogP contribution in [0.2, 0.25) is 0 Å². The van der Waals surface area contributed by atoms with Crippen LogP contribution in [0.15, 0.2) is 24.3 Å². The quantitative estimate of drug-likeness (QED) is 0.674. The number of anilines is 2. The van der Waals surface area contributed by atoms with Crippen molar-refractivity contribution < 1.29 is 9.59 Å². The van der Waals surface area contributed by atoms with Gasteiger partial charge in [0.25, 0.3) is 0 Å². The average Bonchev–Trinajstić information content (AvgIpc) is 2.39. The first-order chi connectivity index (χ1) is 9.63. The van der Waals surface area contributed by atoms with Crippen molar-refractivity contribution in [2.24, 2.45) is 5.73 Å². The lowest BCUT2D eigenvalue weighted by atomic mass is 10.2. The molecule has 116 valence electrons. The summed E-state index contributed by atoms with van der Waals surface area (Å²) >= 11 is 1.86. The summed E-state index contributed by atoms with van der Waals surface area (Å²) in [6.45, 7) is 0.945. The van der Waals surface area contributed by atoms with Crippen LogP contribution in [0.5, 0.6) is 0 Å². The number of hydrogen-bond acceptors (Lipinski definition) is 4. The second-order valence-electron chi connectivity index (χ2n) is 4.55. The molecule has 1 aliphatic rings. The summed E-state index contributed by atoms with van der Waals surface area (Å²) in [5.74, 6) is 2.01. The molecule has 1 unspecified atom stereocenters. The van der Waals surface area contributed by atoms with Crippen molar-refractivity contribution >= 4 is 47.5 Å². The topological polar surface area (TPSA) is 96.2 Å². The molecule has 21 heavy (non-hydrogen) atoms. The number of nitrogens with one attached hydrogen (secondary N) is 3. The van der Waals surface area contributed by atoms with Gasteiger partial charge in [0, 0.05) is 41.9 Å². The van der Waals surface area contributed by atoms with E-state index in [-0.39, 0.29) is 24.4 Å². The predicted octanol–water partition coefficient (Wildman–Crippen LogP) is 1.63. The van der Waals surface area contributed by atoms with Crippen LogP contribution >= 0.6 is 24.2 Å². The van der Waals surface area contributed by atoms with E-state index in [1.54, 1.807) is 24.3 Å². The highest BCUT2D eigenvalue weighted by Crippen LogP contribution is 2.16. The molecule has 0 aliphatic carbocycles. The summed E-state index contributed by atoms with van der Waals surface area (Å²) in [5, 5.41) is 8.61. The Hall–Kier alpha value is -1.44. The molecule has 6 nitrogen and oxygen atoms in total. The molecular formula is C13H19ClN4O2S. The summed E-state index contributed by atoms with van der Waals surface area (Å²) < 4.78 is 0. The number of urea groups is 1. The van der Waals surface area contributed by atoms with Crippen LogP contribution in [0.1, 0.15) is 6.42 Å². The lowest BCUT2D eigenvalue weighted by Gasteiger charge is -2.22. The number of primary amides is 1. The maximum atomic E-state index is 11.9. The van der Waals surface area contributed by atoms with E-state index < -0.39 is 6.03 Å². The standard InChI is InChI=1S/C13H18N4O2S.ClH/c14-13(19)17-10-3-1-2-9(6-10)16-12(18)7-11-8-20-5-4-15-11;/h1-3,6,11,15H,4-5,7-8H2,(H,16,18)(H3,14,17,19);1H. The Labute approximate surface area is 134 Å². The summed E-state index contributed by atoms with van der Waals surface area (Å²) in [4.78, 5) is 22.7. The summed E-state index contributed by atoms with van der Waals surface area (Å²) in [7, 11) is 0. The largest absolute Gasteiger partial charge is 0.351 e. The van der Waals surface area contributed by atoms with E-state index in [1.807, 2.05) is 11.8 Å². The third-order valence-electron chi connectivity index (χ3n) is 2.84. The van der Waals surface area contributed by atoms with Gasteiger partial charge in [0.05, 0.1) is 0 Å². The van der Waals surface area contributed by atoms with Crippen LogP contribution in [0, 0.1) is 0 Å². The van der Waals surface area contributed by atoms with E-state index in [9.17, 15) is 9.59 Å². The van der Waals surface area contributed by atoms with E-state index >= 15 is 0 Å². The van der Waals surface area contributed by atoms with Gasteiger partial charge in [0.2, 0.25) is 5.91 Å². The third kappa shape index (κ3) is 6.24. The monoisotopic (exact) mass is 330 g/mol. The first kappa shape index (κ1) is 17.6. The second-order valence-corrected chi connectivity index (χ2v) is 5.70. The third-order valence-corrected chi connectivity index (χ3v) is 3.97. The van der Waals surface area contributed by atoms with Crippen LogP contribution in [0.3, 0.4) is 0 Å². The van der Waals surface area contributed by atoms with Crippen molar-refractivity contribution in [3.05, 3.63) is 24.3 Å². The van der Waals surface area contributed by atoms with Gasteiger partial charge in [-0.1, -0.05) is 6.07 Å². The summed E-state index contributed by atoms with van der Waals surface area (Å²) in [5.41, 5.74) is 6.25. The fraction of sp³-hybridized carbons (Fsp3) is 0.385. The van der Waals surface area contributed by atoms with Gasteiger partial charge in [-0.15, -0.1) is 12.4 Å². The Balaban J connectivity index is 0.00000220. The molecule has 8 heteroatoms. The zero-order valence-electron chi connectivity index (χ0n) is 11.4. The Kier molecular flexibility index (Phi) is 7.35. The first-order valence-corrected chi connectivity index (χ1v) is 7.56. The smallest absolute Gasteiger partial charge is 0.316 e. The van der Waals surface area contributed by atoms with E-state index in [2.05, 4.69) is 16.0 Å². The molecule has 1 aliphatic heterocycles. The van der Waals surface area contributed by atoms with Gasteiger partial charge in [0.1, 0.15) is 0 Å². The molecule has 2 rings (SSSR count). The number of thioether (sulfide) groups is 1. The molecule has 1 fully saturated rings. The van der Waals surface area contributed by atoms with Crippen molar-refractivity contribution in [2.75, 3.05) is 28.7 Å². The lowest BCUT2D eigenvalue weighted by Crippen LogP contribution is -2.39. The molecule has 0 bridgehead atoms. The molecule has 0 radical (unpaired) electrons. The van der Waals surface area contributed by atoms with Gasteiger partial charge in [-0.05, 0) is 18.2 Å². The summed E-state index contributed by atoms with van der Waals surface area (Å²) in [6, 6.07) is 6.49. The van der Waals surface area contributed by atoms with E-state index in [0.29, 0.717) is 17.8 Å².